The summed E-state index contributed by atoms with van der Waals surface area (Å²) in [5.74, 6) is 0.623. The number of hydrogen-bond acceptors (Lipinski definition) is 2. The van der Waals surface area contributed by atoms with Crippen LogP contribution in [0.2, 0.25) is 0 Å². The fourth-order valence-corrected chi connectivity index (χ4v) is 1.29. The molecule has 0 spiro atoms. The van der Waals surface area contributed by atoms with Crippen LogP contribution in [0.4, 0.5) is 0 Å². The molecule has 0 radical (unpaired) electrons. The van der Waals surface area contributed by atoms with Crippen LogP contribution in [0.1, 0.15) is 43.9 Å². The van der Waals surface area contributed by atoms with E-state index < -0.39 is 0 Å². The van der Waals surface area contributed by atoms with E-state index in [1.165, 1.54) is 12.8 Å². The van der Waals surface area contributed by atoms with Crippen molar-refractivity contribution < 1.29 is 0 Å². The van der Waals surface area contributed by atoms with Gasteiger partial charge in [-0.25, -0.2) is 0 Å². The van der Waals surface area contributed by atoms with Crippen LogP contribution < -0.4 is 0 Å². The lowest BCUT2D eigenvalue weighted by Gasteiger charge is -1.86. The Morgan fingerprint density at radius 1 is 1.54 bits per heavy atom. The van der Waals surface area contributed by atoms with Crippen LogP contribution >= 0.6 is 0 Å². The average molecular weight is 177 g/mol. The topological polar surface area (TPSA) is 41.6 Å². The second kappa shape index (κ2) is 4.08. The van der Waals surface area contributed by atoms with Gasteiger partial charge in [0.2, 0.25) is 0 Å². The molecule has 0 aliphatic heterocycles. The standard InChI is InChI=1S/C8H9N3.C2H6/c1-11-5-7(6-2-3-6)8(4-9)10-11;1-2/h5-6H,2-3H2,1H3;1-2H3. The molecule has 70 valence electrons. The fraction of sp³-hybridized carbons (Fsp3) is 0.600. The average Bonchev–Trinajstić information content (AvgIpc) is 2.93. The molecule has 0 N–H and O–H groups in total. The molecule has 13 heavy (non-hydrogen) atoms. The summed E-state index contributed by atoms with van der Waals surface area (Å²) < 4.78 is 1.71. The lowest BCUT2D eigenvalue weighted by atomic mass is 10.2. The zero-order valence-corrected chi connectivity index (χ0v) is 8.41. The highest BCUT2D eigenvalue weighted by molar-refractivity contribution is 5.34. The van der Waals surface area contributed by atoms with Crippen molar-refractivity contribution in [1.29, 1.82) is 5.26 Å². The van der Waals surface area contributed by atoms with Crippen LogP contribution in [-0.4, -0.2) is 9.78 Å². The van der Waals surface area contributed by atoms with E-state index in [2.05, 4.69) is 11.2 Å². The van der Waals surface area contributed by atoms with Crippen molar-refractivity contribution in [2.24, 2.45) is 7.05 Å². The molecule has 0 atom stereocenters. The largest absolute Gasteiger partial charge is 0.274 e. The maximum absolute atomic E-state index is 8.68. The molecule has 1 aliphatic rings. The van der Waals surface area contributed by atoms with Gasteiger partial charge in [0.15, 0.2) is 5.69 Å². The molecule has 0 saturated heterocycles. The van der Waals surface area contributed by atoms with E-state index in [0.29, 0.717) is 11.6 Å². The Bertz CT molecular complexity index is 315. The van der Waals surface area contributed by atoms with Gasteiger partial charge in [0, 0.05) is 18.8 Å². The van der Waals surface area contributed by atoms with Gasteiger partial charge in [0.25, 0.3) is 0 Å². The van der Waals surface area contributed by atoms with Gasteiger partial charge in [-0.05, 0) is 18.8 Å². The highest BCUT2D eigenvalue weighted by Gasteiger charge is 2.27. The first-order valence-corrected chi connectivity index (χ1v) is 4.75. The molecule has 1 saturated carbocycles. The van der Waals surface area contributed by atoms with Crippen molar-refractivity contribution in [2.75, 3.05) is 0 Å². The minimum Gasteiger partial charge on any atom is -0.274 e. The summed E-state index contributed by atoms with van der Waals surface area (Å²) in [6.45, 7) is 4.00. The van der Waals surface area contributed by atoms with Crippen LogP contribution in [0.3, 0.4) is 0 Å². The second-order valence-corrected chi connectivity index (χ2v) is 2.99. The summed E-state index contributed by atoms with van der Waals surface area (Å²) in [6, 6.07) is 2.11. The molecule has 3 nitrogen and oxygen atoms in total. The number of rotatable bonds is 1. The normalized spacial score (nSPS) is 14.3. The van der Waals surface area contributed by atoms with Gasteiger partial charge >= 0.3 is 0 Å². The van der Waals surface area contributed by atoms with Gasteiger partial charge in [0.05, 0.1) is 0 Å². The number of nitriles is 1. The zero-order chi connectivity index (χ0) is 9.84. The van der Waals surface area contributed by atoms with Gasteiger partial charge < -0.3 is 0 Å². The van der Waals surface area contributed by atoms with Crippen LogP contribution in [-0.2, 0) is 7.05 Å². The molecule has 1 aliphatic carbocycles. The van der Waals surface area contributed by atoms with Crippen molar-refractivity contribution in [2.45, 2.75) is 32.6 Å². The molecule has 0 amide bonds. The Hall–Kier alpha value is -1.30. The highest BCUT2D eigenvalue weighted by Crippen LogP contribution is 2.41. The first-order valence-electron chi connectivity index (χ1n) is 4.75. The van der Waals surface area contributed by atoms with E-state index in [9.17, 15) is 0 Å². The Morgan fingerprint density at radius 3 is 2.62 bits per heavy atom. The van der Waals surface area contributed by atoms with E-state index in [0.717, 1.165) is 5.56 Å². The summed E-state index contributed by atoms with van der Waals surface area (Å²) in [5.41, 5.74) is 1.74. The summed E-state index contributed by atoms with van der Waals surface area (Å²) in [5, 5.41) is 12.7. The van der Waals surface area contributed by atoms with E-state index in [-0.39, 0.29) is 0 Å². The van der Waals surface area contributed by atoms with Gasteiger partial charge in [0.1, 0.15) is 6.07 Å². The molecule has 0 bridgehead atoms. The summed E-state index contributed by atoms with van der Waals surface area (Å²) in [6.07, 6.45) is 4.40. The summed E-state index contributed by atoms with van der Waals surface area (Å²) in [4.78, 5) is 0. The molecule has 1 fully saturated rings. The molecule has 1 heterocycles. The zero-order valence-electron chi connectivity index (χ0n) is 8.41. The first kappa shape index (κ1) is 9.79. The van der Waals surface area contributed by atoms with E-state index in [1.54, 1.807) is 4.68 Å². The number of aryl methyl sites for hydroxylation is 1. The van der Waals surface area contributed by atoms with Crippen LogP contribution in [0, 0.1) is 11.3 Å². The molecule has 0 unspecified atom stereocenters. The quantitative estimate of drug-likeness (QED) is 0.659. The summed E-state index contributed by atoms with van der Waals surface area (Å²) >= 11 is 0. The maximum atomic E-state index is 8.68. The Morgan fingerprint density at radius 2 is 2.15 bits per heavy atom. The van der Waals surface area contributed by atoms with Crippen molar-refractivity contribution in [3.05, 3.63) is 17.5 Å². The third kappa shape index (κ3) is 2.09. The van der Waals surface area contributed by atoms with Crippen molar-refractivity contribution >= 4 is 0 Å². The van der Waals surface area contributed by atoms with E-state index in [1.807, 2.05) is 27.1 Å². The Kier molecular flexibility index (Phi) is 3.07. The number of hydrogen-bond donors (Lipinski definition) is 0. The van der Waals surface area contributed by atoms with Gasteiger partial charge in [-0.2, -0.15) is 10.4 Å². The van der Waals surface area contributed by atoms with E-state index in [4.69, 9.17) is 5.26 Å². The molecule has 0 aromatic carbocycles. The van der Waals surface area contributed by atoms with Gasteiger partial charge in [-0.3, -0.25) is 4.68 Å². The third-order valence-electron chi connectivity index (χ3n) is 1.98. The minimum atomic E-state index is 0.606. The highest BCUT2D eigenvalue weighted by atomic mass is 15.2. The number of aromatic nitrogens is 2. The van der Waals surface area contributed by atoms with Crippen molar-refractivity contribution in [3.63, 3.8) is 0 Å². The Balaban J connectivity index is 0.000000396. The summed E-state index contributed by atoms with van der Waals surface area (Å²) in [7, 11) is 1.85. The molecular weight excluding hydrogens is 162 g/mol. The Labute approximate surface area is 79.0 Å². The van der Waals surface area contributed by atoms with Gasteiger partial charge in [-0.1, -0.05) is 13.8 Å². The van der Waals surface area contributed by atoms with Crippen molar-refractivity contribution in [1.82, 2.24) is 9.78 Å². The minimum absolute atomic E-state index is 0.606. The molecule has 2 rings (SSSR count). The van der Waals surface area contributed by atoms with Crippen LogP contribution in [0.15, 0.2) is 6.20 Å². The predicted octanol–water partition coefficient (Wildman–Crippen LogP) is 2.20. The van der Waals surface area contributed by atoms with Crippen molar-refractivity contribution in [3.8, 4) is 6.07 Å². The second-order valence-electron chi connectivity index (χ2n) is 2.99. The van der Waals surface area contributed by atoms with Gasteiger partial charge in [-0.15, -0.1) is 0 Å². The van der Waals surface area contributed by atoms with Crippen LogP contribution in [0.25, 0.3) is 0 Å². The molecule has 3 heteroatoms. The lowest BCUT2D eigenvalue weighted by Crippen LogP contribution is -1.86. The predicted molar refractivity (Wildman–Crippen MR) is 51.2 cm³/mol. The maximum Gasteiger partial charge on any atom is 0.165 e. The third-order valence-corrected chi connectivity index (χ3v) is 1.98. The molecule has 1 aromatic heterocycles. The first-order chi connectivity index (χ1) is 6.31. The lowest BCUT2D eigenvalue weighted by molar-refractivity contribution is 0.762. The van der Waals surface area contributed by atoms with Crippen LogP contribution in [0.5, 0.6) is 0 Å². The smallest absolute Gasteiger partial charge is 0.165 e. The molecule has 1 aromatic rings. The number of nitrogens with zero attached hydrogens (tertiary/aromatic N) is 3. The SMILES string of the molecule is CC.Cn1cc(C2CC2)c(C#N)n1. The van der Waals surface area contributed by atoms with E-state index >= 15 is 0 Å². The fourth-order valence-electron chi connectivity index (χ4n) is 1.29. The monoisotopic (exact) mass is 177 g/mol. The molecular formula is C10H15N3.